The van der Waals surface area contributed by atoms with E-state index in [9.17, 15) is 15.0 Å². The van der Waals surface area contributed by atoms with Crippen LogP contribution in [-0.2, 0) is 6.42 Å². The number of H-pyrrole nitrogens is 2. The molecule has 0 bridgehead atoms. The van der Waals surface area contributed by atoms with Gasteiger partial charge in [0.2, 0.25) is 0 Å². The average Bonchev–Trinajstić information content (AvgIpc) is 3.50. The lowest BCUT2D eigenvalue weighted by atomic mass is 10.1. The number of fused-ring (bicyclic) bond motifs is 1. The molecule has 0 unspecified atom stereocenters. The van der Waals surface area contributed by atoms with E-state index in [4.69, 9.17) is 4.98 Å². The van der Waals surface area contributed by atoms with E-state index >= 15 is 0 Å². The number of hydrogen-bond donors (Lipinski definition) is 5. The van der Waals surface area contributed by atoms with Gasteiger partial charge in [-0.15, -0.1) is 0 Å². The van der Waals surface area contributed by atoms with Crippen molar-refractivity contribution in [2.75, 3.05) is 11.9 Å². The molecule has 1 atom stereocenters. The van der Waals surface area contributed by atoms with Crippen molar-refractivity contribution < 1.29 is 10.2 Å². The molecule has 0 aliphatic rings. The summed E-state index contributed by atoms with van der Waals surface area (Å²) in [6, 6.07) is 12.2. The molecular formula is C25H24N6O3. The number of nitrogens with one attached hydrogen (secondary N) is 3. The first-order valence-corrected chi connectivity index (χ1v) is 10.9. The predicted molar refractivity (Wildman–Crippen MR) is 130 cm³/mol. The van der Waals surface area contributed by atoms with Crippen LogP contribution in [0.3, 0.4) is 0 Å². The van der Waals surface area contributed by atoms with Gasteiger partial charge >= 0.3 is 0 Å². The van der Waals surface area contributed by atoms with Crippen LogP contribution in [0.25, 0.3) is 28.1 Å². The highest BCUT2D eigenvalue weighted by atomic mass is 16.3. The Morgan fingerprint density at radius 1 is 1.18 bits per heavy atom. The average molecular weight is 457 g/mol. The second-order valence-corrected chi connectivity index (χ2v) is 8.20. The van der Waals surface area contributed by atoms with Gasteiger partial charge in [-0.3, -0.25) is 4.79 Å². The van der Waals surface area contributed by atoms with E-state index in [1.54, 1.807) is 49.1 Å². The van der Waals surface area contributed by atoms with Gasteiger partial charge in [-0.05, 0) is 54.8 Å². The van der Waals surface area contributed by atoms with Crippen molar-refractivity contribution in [2.24, 2.45) is 0 Å². The van der Waals surface area contributed by atoms with Crippen LogP contribution in [0.15, 0.2) is 72.2 Å². The highest BCUT2D eigenvalue weighted by Crippen LogP contribution is 2.28. The van der Waals surface area contributed by atoms with Crippen LogP contribution in [-0.4, -0.2) is 47.4 Å². The van der Waals surface area contributed by atoms with E-state index in [2.05, 4.69) is 20.3 Å². The van der Waals surface area contributed by atoms with Crippen molar-refractivity contribution in [3.8, 4) is 22.8 Å². The minimum atomic E-state index is -0.343. The van der Waals surface area contributed by atoms with E-state index in [0.29, 0.717) is 23.5 Å². The van der Waals surface area contributed by atoms with Crippen LogP contribution in [0.4, 0.5) is 5.69 Å². The molecule has 34 heavy (non-hydrogen) atoms. The first-order chi connectivity index (χ1) is 16.5. The van der Waals surface area contributed by atoms with E-state index in [0.717, 1.165) is 27.8 Å². The molecule has 0 amide bonds. The summed E-state index contributed by atoms with van der Waals surface area (Å²) in [5.74, 6) is 0.622. The van der Waals surface area contributed by atoms with Crippen LogP contribution < -0.4 is 10.9 Å². The number of rotatable bonds is 7. The number of aliphatic hydroxyl groups excluding tert-OH is 1. The molecule has 5 N–H and O–H groups in total. The lowest BCUT2D eigenvalue weighted by Crippen LogP contribution is -2.28. The Balaban J connectivity index is 1.51. The fraction of sp³-hybridized carbons (Fsp3) is 0.160. The molecule has 5 rings (SSSR count). The zero-order chi connectivity index (χ0) is 23.7. The minimum absolute atomic E-state index is 0.138. The molecule has 9 heteroatoms. The maximum absolute atomic E-state index is 12.9. The van der Waals surface area contributed by atoms with Gasteiger partial charge in [0.05, 0.1) is 35.7 Å². The van der Waals surface area contributed by atoms with Crippen molar-refractivity contribution in [1.82, 2.24) is 24.5 Å². The van der Waals surface area contributed by atoms with Crippen LogP contribution in [0.1, 0.15) is 11.1 Å². The topological polar surface area (TPSA) is 132 Å². The van der Waals surface area contributed by atoms with Gasteiger partial charge in [0.25, 0.3) is 5.56 Å². The summed E-state index contributed by atoms with van der Waals surface area (Å²) in [5, 5.41) is 22.8. The van der Waals surface area contributed by atoms with Crippen LogP contribution >= 0.6 is 0 Å². The SMILES string of the molecule is Cc1cc(-n2ccnc2)cc2[nH]c(-c3c(N[C@H](CO)Cc4ccc(O)cc4)cc[nH]c3=O)nc12. The van der Waals surface area contributed by atoms with Crippen molar-refractivity contribution in [3.05, 3.63) is 88.9 Å². The summed E-state index contributed by atoms with van der Waals surface area (Å²) in [5.41, 5.74) is 5.06. The number of nitrogens with zero attached hydrogens (tertiary/aromatic N) is 3. The Morgan fingerprint density at radius 3 is 2.74 bits per heavy atom. The molecule has 3 aromatic heterocycles. The summed E-state index contributed by atoms with van der Waals surface area (Å²) in [7, 11) is 0. The predicted octanol–water partition coefficient (Wildman–Crippen LogP) is 3.13. The Kier molecular flexibility index (Phi) is 5.60. The summed E-state index contributed by atoms with van der Waals surface area (Å²) in [4.78, 5) is 27.7. The first-order valence-electron chi connectivity index (χ1n) is 10.9. The molecule has 172 valence electrons. The number of phenols is 1. The lowest BCUT2D eigenvalue weighted by Gasteiger charge is -2.19. The number of aromatic amines is 2. The van der Waals surface area contributed by atoms with Crippen molar-refractivity contribution in [3.63, 3.8) is 0 Å². The van der Waals surface area contributed by atoms with Gasteiger partial charge in [0, 0.05) is 24.3 Å². The van der Waals surface area contributed by atoms with E-state index in [-0.39, 0.29) is 24.0 Å². The molecule has 0 fully saturated rings. The second kappa shape index (κ2) is 8.87. The molecule has 0 aliphatic heterocycles. The van der Waals surface area contributed by atoms with Crippen LogP contribution in [0, 0.1) is 6.92 Å². The number of phenolic OH excluding ortho intramolecular Hbond substituents is 1. The highest BCUT2D eigenvalue weighted by molar-refractivity contribution is 5.86. The van der Waals surface area contributed by atoms with E-state index in [1.807, 2.05) is 29.8 Å². The number of imidazole rings is 2. The summed E-state index contributed by atoms with van der Waals surface area (Å²) < 4.78 is 1.91. The normalized spacial score (nSPS) is 12.2. The third kappa shape index (κ3) is 4.16. The maximum Gasteiger partial charge on any atom is 0.261 e. The molecule has 0 radical (unpaired) electrons. The summed E-state index contributed by atoms with van der Waals surface area (Å²) in [6.45, 7) is 1.84. The number of pyridine rings is 1. The number of anilines is 1. The summed E-state index contributed by atoms with van der Waals surface area (Å²) >= 11 is 0. The van der Waals surface area contributed by atoms with Crippen molar-refractivity contribution in [2.45, 2.75) is 19.4 Å². The smallest absolute Gasteiger partial charge is 0.261 e. The van der Waals surface area contributed by atoms with Gasteiger partial charge < -0.3 is 30.1 Å². The first kappa shape index (κ1) is 21.5. The lowest BCUT2D eigenvalue weighted by molar-refractivity contribution is 0.273. The van der Waals surface area contributed by atoms with Gasteiger partial charge in [-0.25, -0.2) is 9.97 Å². The third-order valence-corrected chi connectivity index (χ3v) is 5.76. The molecule has 9 nitrogen and oxygen atoms in total. The number of aryl methyl sites for hydroxylation is 1. The molecule has 0 spiro atoms. The van der Waals surface area contributed by atoms with Crippen molar-refractivity contribution >= 4 is 16.7 Å². The number of aliphatic hydroxyl groups is 1. The maximum atomic E-state index is 12.9. The van der Waals surface area contributed by atoms with E-state index < -0.39 is 0 Å². The Hall–Kier alpha value is -4.37. The number of aromatic hydroxyl groups is 1. The second-order valence-electron chi connectivity index (χ2n) is 8.20. The molecular weight excluding hydrogens is 432 g/mol. The van der Waals surface area contributed by atoms with Crippen LogP contribution in [0.5, 0.6) is 5.75 Å². The van der Waals surface area contributed by atoms with Crippen molar-refractivity contribution in [1.29, 1.82) is 0 Å². The van der Waals surface area contributed by atoms with Crippen LogP contribution in [0.2, 0.25) is 0 Å². The molecule has 0 saturated heterocycles. The quantitative estimate of drug-likeness (QED) is 0.256. The molecule has 3 heterocycles. The fourth-order valence-corrected chi connectivity index (χ4v) is 4.08. The molecule has 2 aromatic carbocycles. The van der Waals surface area contributed by atoms with Gasteiger partial charge in [-0.2, -0.15) is 0 Å². The van der Waals surface area contributed by atoms with Gasteiger partial charge in [0.1, 0.15) is 17.1 Å². The largest absolute Gasteiger partial charge is 0.508 e. The molecule has 5 aromatic rings. The third-order valence-electron chi connectivity index (χ3n) is 5.76. The fourth-order valence-electron chi connectivity index (χ4n) is 4.08. The minimum Gasteiger partial charge on any atom is -0.508 e. The highest BCUT2D eigenvalue weighted by Gasteiger charge is 2.18. The Morgan fingerprint density at radius 2 is 2.00 bits per heavy atom. The zero-order valence-corrected chi connectivity index (χ0v) is 18.5. The Labute approximate surface area is 194 Å². The molecule has 0 saturated carbocycles. The van der Waals surface area contributed by atoms with E-state index in [1.165, 1.54) is 0 Å². The number of benzene rings is 2. The summed E-state index contributed by atoms with van der Waals surface area (Å²) in [6.07, 6.45) is 7.38. The Bertz CT molecular complexity index is 1490. The zero-order valence-electron chi connectivity index (χ0n) is 18.5. The number of aromatic nitrogens is 5. The van der Waals surface area contributed by atoms with Gasteiger partial charge in [-0.1, -0.05) is 12.1 Å². The standard InChI is InChI=1S/C25H24N6O3/c1-15-10-18(31-9-8-26-14-31)12-21-23(15)30-24(29-21)22-20(6-7-27-25(22)34)28-17(13-32)11-16-2-4-19(33)5-3-16/h2-10,12,14,17,32-33H,11,13H2,1H3,(H,29,30)(H2,27,28,34)/t17-/m0/s1. The monoisotopic (exact) mass is 456 g/mol. The van der Waals surface area contributed by atoms with Gasteiger partial charge in [0.15, 0.2) is 0 Å². The molecule has 0 aliphatic carbocycles. The number of hydrogen-bond acceptors (Lipinski definition) is 6.